The summed E-state index contributed by atoms with van der Waals surface area (Å²) in [6, 6.07) is 3.67. The van der Waals surface area contributed by atoms with E-state index in [1.54, 1.807) is 12.5 Å². The highest BCUT2D eigenvalue weighted by molar-refractivity contribution is 4.79. The van der Waals surface area contributed by atoms with Crippen LogP contribution in [0.5, 0.6) is 0 Å². The smallest absolute Gasteiger partial charge is 0.473 e. The average Bonchev–Trinajstić information content (AvgIpc) is 1.76. The maximum absolute atomic E-state index is 4.58. The van der Waals surface area contributed by atoms with Crippen LogP contribution in [-0.2, 0) is 0 Å². The predicted molar refractivity (Wildman–Crippen MR) is 27.0 cm³/mol. The van der Waals surface area contributed by atoms with Crippen LogP contribution in [0.4, 0.5) is 0 Å². The van der Waals surface area contributed by atoms with Crippen molar-refractivity contribution in [2.24, 2.45) is 0 Å². The largest absolute Gasteiger partial charge is 1.00 e. The monoisotopic (exact) mass is 105 g/mol. The lowest BCUT2D eigenvalue weighted by Gasteiger charge is -1.50. The molecule has 1 aromatic rings. The lowest BCUT2D eigenvalue weighted by atomic mass is 10.7. The topological polar surface area (TPSA) is 76.1 Å². The molecule has 42 valence electrons. The van der Waals surface area contributed by atoms with Crippen molar-refractivity contribution in [3.05, 3.63) is 24.7 Å². The lowest BCUT2D eigenvalue weighted by molar-refractivity contribution is 0.567. The second-order valence-corrected chi connectivity index (χ2v) is 0.793. The summed E-state index contributed by atoms with van der Waals surface area (Å²) in [6.45, 7) is 0. The van der Waals surface area contributed by atoms with Crippen molar-refractivity contribution in [1.29, 1.82) is 0 Å². The molecule has 0 aliphatic rings. The molecule has 0 aliphatic carbocycles. The SMILES string of the molecule is O.O.[H+].c1ccoc1. The summed E-state index contributed by atoms with van der Waals surface area (Å²) in [5, 5.41) is 0. The van der Waals surface area contributed by atoms with Crippen LogP contribution in [-0.4, -0.2) is 11.0 Å². The predicted octanol–water partition coefficient (Wildman–Crippen LogP) is -0.257. The Morgan fingerprint density at radius 2 is 1.43 bits per heavy atom. The van der Waals surface area contributed by atoms with Gasteiger partial charge in [-0.3, -0.25) is 0 Å². The van der Waals surface area contributed by atoms with Gasteiger partial charge in [-0.15, -0.1) is 0 Å². The van der Waals surface area contributed by atoms with Gasteiger partial charge >= 0.3 is 1.43 Å². The Morgan fingerprint density at radius 1 is 1.00 bits per heavy atom. The second-order valence-electron chi connectivity index (χ2n) is 0.793. The normalized spacial score (nSPS) is 5.71. The molecule has 7 heavy (non-hydrogen) atoms. The van der Waals surface area contributed by atoms with Crippen LogP contribution in [0.15, 0.2) is 29.1 Å². The summed E-state index contributed by atoms with van der Waals surface area (Å²) in [5.74, 6) is 0. The van der Waals surface area contributed by atoms with Crippen LogP contribution in [0.2, 0.25) is 0 Å². The van der Waals surface area contributed by atoms with E-state index in [0.29, 0.717) is 0 Å². The lowest BCUT2D eigenvalue weighted by Crippen LogP contribution is -1.16. The van der Waals surface area contributed by atoms with Crippen LogP contribution in [0, 0.1) is 0 Å². The zero-order valence-electron chi connectivity index (χ0n) is 4.72. The molecule has 0 radical (unpaired) electrons. The van der Waals surface area contributed by atoms with Gasteiger partial charge in [0.2, 0.25) is 0 Å². The van der Waals surface area contributed by atoms with Crippen molar-refractivity contribution in [3.63, 3.8) is 0 Å². The summed E-state index contributed by atoms with van der Waals surface area (Å²) in [4.78, 5) is 0. The van der Waals surface area contributed by atoms with Crippen LogP contribution >= 0.6 is 0 Å². The molecule has 0 saturated carbocycles. The average molecular weight is 105 g/mol. The molecule has 0 saturated heterocycles. The van der Waals surface area contributed by atoms with Crippen LogP contribution in [0.25, 0.3) is 0 Å². The molecular weight excluding hydrogens is 96.0 g/mol. The van der Waals surface area contributed by atoms with Crippen LogP contribution < -0.4 is 0 Å². The van der Waals surface area contributed by atoms with E-state index in [9.17, 15) is 0 Å². The first kappa shape index (κ1) is 9.50. The first-order valence-electron chi connectivity index (χ1n) is 1.47. The summed E-state index contributed by atoms with van der Waals surface area (Å²) >= 11 is 0. The van der Waals surface area contributed by atoms with E-state index in [2.05, 4.69) is 4.42 Å². The minimum Gasteiger partial charge on any atom is -0.473 e. The first-order valence-corrected chi connectivity index (χ1v) is 1.47. The zero-order valence-corrected chi connectivity index (χ0v) is 3.72. The Morgan fingerprint density at radius 3 is 1.57 bits per heavy atom. The molecule has 1 heterocycles. The molecular formula is C4H9O3+. The third kappa shape index (κ3) is 3.02. The standard InChI is InChI=1S/C4H4O.2H2O/c1-2-4-5-3-1;;/h1-4H;2*1H2/p+1. The van der Waals surface area contributed by atoms with E-state index in [0.717, 1.165) is 0 Å². The van der Waals surface area contributed by atoms with Gasteiger partial charge in [-0.1, -0.05) is 0 Å². The highest BCUT2D eigenvalue weighted by Gasteiger charge is 1.58. The van der Waals surface area contributed by atoms with Crippen molar-refractivity contribution in [2.75, 3.05) is 0 Å². The molecule has 1 aromatic heterocycles. The van der Waals surface area contributed by atoms with Gasteiger partial charge < -0.3 is 15.4 Å². The van der Waals surface area contributed by atoms with Gasteiger partial charge in [0.25, 0.3) is 0 Å². The van der Waals surface area contributed by atoms with Gasteiger partial charge in [0.05, 0.1) is 12.5 Å². The van der Waals surface area contributed by atoms with Gasteiger partial charge in [-0.25, -0.2) is 0 Å². The van der Waals surface area contributed by atoms with Gasteiger partial charge in [-0.05, 0) is 12.1 Å². The second kappa shape index (κ2) is 5.20. The number of hydrogen-bond donors (Lipinski definition) is 0. The van der Waals surface area contributed by atoms with E-state index in [1.807, 2.05) is 12.1 Å². The number of rotatable bonds is 0. The molecule has 0 amide bonds. The van der Waals surface area contributed by atoms with Crippen LogP contribution in [0.3, 0.4) is 0 Å². The molecule has 3 heteroatoms. The molecule has 1 rings (SSSR count). The molecule has 0 aliphatic heterocycles. The fourth-order valence-electron chi connectivity index (χ4n) is 0.227. The van der Waals surface area contributed by atoms with Crippen LogP contribution in [0.1, 0.15) is 1.43 Å². The minimum absolute atomic E-state index is 0. The highest BCUT2D eigenvalue weighted by atomic mass is 16.3. The van der Waals surface area contributed by atoms with E-state index in [1.165, 1.54) is 0 Å². The van der Waals surface area contributed by atoms with E-state index >= 15 is 0 Å². The molecule has 3 nitrogen and oxygen atoms in total. The Kier molecular flexibility index (Phi) is 7.06. The molecule has 4 N–H and O–H groups in total. The Labute approximate surface area is 42.7 Å². The van der Waals surface area contributed by atoms with Crippen molar-refractivity contribution in [2.45, 2.75) is 0 Å². The summed E-state index contributed by atoms with van der Waals surface area (Å²) in [7, 11) is 0. The molecule has 0 atom stereocenters. The summed E-state index contributed by atoms with van der Waals surface area (Å²) < 4.78 is 4.58. The van der Waals surface area contributed by atoms with Gasteiger partial charge in [-0.2, -0.15) is 0 Å². The van der Waals surface area contributed by atoms with Gasteiger partial charge in [0.15, 0.2) is 0 Å². The van der Waals surface area contributed by atoms with E-state index in [4.69, 9.17) is 0 Å². The number of hydrogen-bond acceptors (Lipinski definition) is 1. The highest BCUT2D eigenvalue weighted by Crippen LogP contribution is 1.79. The first-order chi connectivity index (χ1) is 2.50. The van der Waals surface area contributed by atoms with E-state index in [-0.39, 0.29) is 12.4 Å². The van der Waals surface area contributed by atoms with E-state index < -0.39 is 0 Å². The van der Waals surface area contributed by atoms with Gasteiger partial charge in [0, 0.05) is 0 Å². The third-order valence-corrected chi connectivity index (χ3v) is 0.425. The van der Waals surface area contributed by atoms with Crippen molar-refractivity contribution >= 4 is 0 Å². The summed E-state index contributed by atoms with van der Waals surface area (Å²) in [5.41, 5.74) is 0. The third-order valence-electron chi connectivity index (χ3n) is 0.425. The minimum atomic E-state index is 0. The van der Waals surface area contributed by atoms with Gasteiger partial charge in [0.1, 0.15) is 0 Å². The quantitative estimate of drug-likeness (QED) is 0.448. The summed E-state index contributed by atoms with van der Waals surface area (Å²) in [6.07, 6.45) is 3.25. The molecule has 0 aromatic carbocycles. The van der Waals surface area contributed by atoms with Crippen molar-refractivity contribution in [1.82, 2.24) is 0 Å². The maximum Gasteiger partial charge on any atom is 1.00 e. The zero-order chi connectivity index (χ0) is 3.54. The molecule has 0 fully saturated rings. The Bertz CT molecular complexity index is 67.8. The molecule has 0 spiro atoms. The molecule has 0 unspecified atom stereocenters. The fraction of sp³-hybridized carbons (Fsp3) is 0. The number of furan rings is 1. The van der Waals surface area contributed by atoms with Crippen molar-refractivity contribution in [3.8, 4) is 0 Å². The Hall–Kier alpha value is -0.800. The Balaban J connectivity index is -0.0000000833. The molecule has 0 bridgehead atoms. The van der Waals surface area contributed by atoms with Crippen molar-refractivity contribution < 1.29 is 16.8 Å². The maximum atomic E-state index is 4.58. The fourth-order valence-corrected chi connectivity index (χ4v) is 0.227.